The van der Waals surface area contributed by atoms with Gasteiger partial charge in [-0.2, -0.15) is 0 Å². The Morgan fingerprint density at radius 3 is 2.24 bits per heavy atom. The molecule has 0 spiro atoms. The SMILES string of the molecule is CN(C)C1(CNc2c(N3CCN(C=O)CC3)c(=O)c2=O)CCCCC1. The monoisotopic (exact) mass is 348 g/mol. The minimum Gasteiger partial charge on any atom is -0.378 e. The van der Waals surface area contributed by atoms with Crippen molar-refractivity contribution in [2.45, 2.75) is 37.6 Å². The fourth-order valence-corrected chi connectivity index (χ4v) is 4.14. The lowest BCUT2D eigenvalue weighted by molar-refractivity contribution is -0.118. The topological polar surface area (TPSA) is 73.0 Å². The Labute approximate surface area is 148 Å². The van der Waals surface area contributed by atoms with Crippen LogP contribution >= 0.6 is 0 Å². The summed E-state index contributed by atoms with van der Waals surface area (Å²) < 4.78 is 0. The second kappa shape index (κ2) is 7.15. The van der Waals surface area contributed by atoms with E-state index in [-0.39, 0.29) is 5.54 Å². The zero-order valence-corrected chi connectivity index (χ0v) is 15.2. The summed E-state index contributed by atoms with van der Waals surface area (Å²) in [6, 6.07) is 0. The first kappa shape index (κ1) is 17.9. The maximum atomic E-state index is 12.1. The highest BCUT2D eigenvalue weighted by Crippen LogP contribution is 2.33. The van der Waals surface area contributed by atoms with Crippen LogP contribution in [0.2, 0.25) is 0 Å². The number of nitrogens with one attached hydrogen (secondary N) is 1. The second-order valence-corrected chi connectivity index (χ2v) is 7.54. The van der Waals surface area contributed by atoms with E-state index in [0.29, 0.717) is 44.1 Å². The van der Waals surface area contributed by atoms with Crippen LogP contribution in [-0.2, 0) is 4.79 Å². The van der Waals surface area contributed by atoms with Gasteiger partial charge in [-0.15, -0.1) is 0 Å². The van der Waals surface area contributed by atoms with Crippen molar-refractivity contribution in [1.82, 2.24) is 9.80 Å². The molecule has 0 aromatic heterocycles. The van der Waals surface area contributed by atoms with Crippen molar-refractivity contribution >= 4 is 17.8 Å². The Hall–Kier alpha value is -1.89. The van der Waals surface area contributed by atoms with E-state index >= 15 is 0 Å². The van der Waals surface area contributed by atoms with E-state index in [0.717, 1.165) is 19.3 Å². The molecule has 1 amide bonds. The van der Waals surface area contributed by atoms with E-state index in [1.807, 2.05) is 4.90 Å². The van der Waals surface area contributed by atoms with Gasteiger partial charge in [-0.25, -0.2) is 0 Å². The van der Waals surface area contributed by atoms with Crippen molar-refractivity contribution in [3.8, 4) is 0 Å². The van der Waals surface area contributed by atoms with Crippen molar-refractivity contribution in [2.75, 3.05) is 57.0 Å². The van der Waals surface area contributed by atoms with E-state index in [2.05, 4.69) is 24.3 Å². The van der Waals surface area contributed by atoms with Crippen molar-refractivity contribution in [3.05, 3.63) is 20.4 Å². The molecule has 0 atom stereocenters. The summed E-state index contributed by atoms with van der Waals surface area (Å²) in [5.41, 5.74) is 0.227. The first-order valence-electron chi connectivity index (χ1n) is 9.17. The average Bonchev–Trinajstić information content (AvgIpc) is 2.65. The molecule has 1 aliphatic carbocycles. The molecule has 25 heavy (non-hydrogen) atoms. The number of nitrogens with zero attached hydrogens (tertiary/aromatic N) is 3. The first-order valence-corrected chi connectivity index (χ1v) is 9.17. The normalized spacial score (nSPS) is 20.9. The van der Waals surface area contributed by atoms with E-state index in [4.69, 9.17) is 0 Å². The number of carbonyl (C=O) groups is 1. The van der Waals surface area contributed by atoms with Crippen LogP contribution in [0.1, 0.15) is 32.1 Å². The molecule has 1 saturated heterocycles. The molecule has 0 radical (unpaired) electrons. The highest BCUT2D eigenvalue weighted by molar-refractivity contribution is 5.75. The molecule has 1 saturated carbocycles. The number of carbonyl (C=O) groups excluding carboxylic acids is 1. The zero-order chi connectivity index (χ0) is 18.0. The van der Waals surface area contributed by atoms with Crippen LogP contribution in [0.5, 0.6) is 0 Å². The number of piperazine rings is 1. The van der Waals surface area contributed by atoms with Crippen molar-refractivity contribution < 1.29 is 4.79 Å². The van der Waals surface area contributed by atoms with Gasteiger partial charge in [0.15, 0.2) is 0 Å². The predicted octanol–water partition coefficient (Wildman–Crippen LogP) is 0.237. The molecule has 7 nitrogen and oxygen atoms in total. The lowest BCUT2D eigenvalue weighted by Gasteiger charge is -2.43. The molecular weight excluding hydrogens is 320 g/mol. The third-order valence-electron chi connectivity index (χ3n) is 5.99. The van der Waals surface area contributed by atoms with E-state index in [1.54, 1.807) is 4.90 Å². The van der Waals surface area contributed by atoms with Crippen LogP contribution in [0, 0.1) is 0 Å². The molecule has 0 bridgehead atoms. The van der Waals surface area contributed by atoms with Gasteiger partial charge in [0.25, 0.3) is 10.9 Å². The van der Waals surface area contributed by atoms with Crippen LogP contribution in [-0.4, -0.2) is 68.6 Å². The standard InChI is InChI=1S/C18H28N4O3/c1-20(2)18(6-4-3-5-7-18)12-19-14-15(17(25)16(14)24)22-10-8-21(13-23)9-11-22/h13,19H,3-12H2,1-2H3. The van der Waals surface area contributed by atoms with Gasteiger partial charge >= 0.3 is 0 Å². The molecule has 1 N–H and O–H groups in total. The van der Waals surface area contributed by atoms with Gasteiger partial charge in [-0.1, -0.05) is 19.3 Å². The van der Waals surface area contributed by atoms with Crippen molar-refractivity contribution in [1.29, 1.82) is 0 Å². The number of likely N-dealkylation sites (N-methyl/N-ethyl adjacent to an activating group) is 1. The second-order valence-electron chi connectivity index (χ2n) is 7.54. The minimum absolute atomic E-state index is 0.0471. The highest BCUT2D eigenvalue weighted by atomic mass is 16.2. The van der Waals surface area contributed by atoms with Crippen LogP contribution in [0.3, 0.4) is 0 Å². The summed E-state index contributed by atoms with van der Waals surface area (Å²) in [5, 5.41) is 3.31. The number of hydrogen-bond donors (Lipinski definition) is 1. The Kier molecular flexibility index (Phi) is 5.13. The van der Waals surface area contributed by atoms with Gasteiger partial charge in [0.2, 0.25) is 6.41 Å². The van der Waals surface area contributed by atoms with E-state index in [9.17, 15) is 14.4 Å². The Morgan fingerprint density at radius 2 is 1.68 bits per heavy atom. The molecule has 2 aliphatic rings. The largest absolute Gasteiger partial charge is 0.378 e. The van der Waals surface area contributed by atoms with Gasteiger partial charge in [0.1, 0.15) is 11.4 Å². The van der Waals surface area contributed by atoms with Gasteiger partial charge < -0.3 is 20.0 Å². The fourth-order valence-electron chi connectivity index (χ4n) is 4.14. The predicted molar refractivity (Wildman–Crippen MR) is 99.2 cm³/mol. The molecule has 1 aliphatic heterocycles. The van der Waals surface area contributed by atoms with Crippen LogP contribution in [0.25, 0.3) is 0 Å². The van der Waals surface area contributed by atoms with Crippen molar-refractivity contribution in [3.63, 3.8) is 0 Å². The molecule has 2 fully saturated rings. The molecular formula is C18H28N4O3. The summed E-state index contributed by atoms with van der Waals surface area (Å²) >= 11 is 0. The first-order chi connectivity index (χ1) is 12.0. The van der Waals surface area contributed by atoms with E-state index in [1.165, 1.54) is 19.3 Å². The summed E-state index contributed by atoms with van der Waals surface area (Å²) in [5.74, 6) is 0. The van der Waals surface area contributed by atoms with Gasteiger partial charge in [0.05, 0.1) is 0 Å². The van der Waals surface area contributed by atoms with Gasteiger partial charge in [-0.3, -0.25) is 14.4 Å². The maximum absolute atomic E-state index is 12.1. The molecule has 1 heterocycles. The molecule has 1 aromatic rings. The Balaban J connectivity index is 1.71. The smallest absolute Gasteiger partial charge is 0.253 e. The quantitative estimate of drug-likeness (QED) is 0.586. The van der Waals surface area contributed by atoms with E-state index < -0.39 is 10.9 Å². The van der Waals surface area contributed by atoms with Crippen LogP contribution in [0.15, 0.2) is 9.59 Å². The number of rotatable bonds is 6. The third kappa shape index (κ3) is 3.29. The fraction of sp³-hybridized carbons (Fsp3) is 0.722. The molecule has 138 valence electrons. The highest BCUT2D eigenvalue weighted by Gasteiger charge is 2.36. The number of hydrogen-bond acceptors (Lipinski definition) is 6. The van der Waals surface area contributed by atoms with Crippen molar-refractivity contribution in [2.24, 2.45) is 0 Å². The summed E-state index contributed by atoms with van der Waals surface area (Å²) in [6.45, 7) is 3.05. The maximum Gasteiger partial charge on any atom is 0.253 e. The molecule has 3 rings (SSSR count). The van der Waals surface area contributed by atoms with Gasteiger partial charge in [0, 0.05) is 38.3 Å². The molecule has 0 unspecified atom stereocenters. The summed E-state index contributed by atoms with van der Waals surface area (Å²) in [6.07, 6.45) is 6.72. The van der Waals surface area contributed by atoms with Crippen LogP contribution < -0.4 is 21.1 Å². The minimum atomic E-state index is -0.405. The average molecular weight is 348 g/mol. The lowest BCUT2D eigenvalue weighted by Crippen LogP contribution is -2.54. The number of anilines is 2. The zero-order valence-electron chi connectivity index (χ0n) is 15.2. The molecule has 1 aromatic carbocycles. The van der Waals surface area contributed by atoms with Gasteiger partial charge in [-0.05, 0) is 26.9 Å². The summed E-state index contributed by atoms with van der Waals surface area (Å²) in [7, 11) is 4.18. The van der Waals surface area contributed by atoms with Crippen LogP contribution in [0.4, 0.5) is 11.4 Å². The number of amides is 1. The molecule has 7 heteroatoms. The third-order valence-corrected chi connectivity index (χ3v) is 5.99. The Morgan fingerprint density at radius 1 is 1.04 bits per heavy atom. The lowest BCUT2D eigenvalue weighted by atomic mass is 9.80. The summed E-state index contributed by atoms with van der Waals surface area (Å²) in [4.78, 5) is 40.9. The Bertz CT molecular complexity index is 679.